The Kier molecular flexibility index (Phi) is 8.37. The Morgan fingerprint density at radius 3 is 2.54 bits per heavy atom. The number of carbonyl (C=O) groups is 2. The molecule has 192 valence electrons. The van der Waals surface area contributed by atoms with Gasteiger partial charge in [-0.1, -0.05) is 18.2 Å². The number of hydrazone groups is 1. The highest BCUT2D eigenvalue weighted by molar-refractivity contribution is 6.05. The van der Waals surface area contributed by atoms with Crippen LogP contribution in [-0.4, -0.2) is 61.3 Å². The summed E-state index contributed by atoms with van der Waals surface area (Å²) in [5.41, 5.74) is 4.57. The fraction of sp³-hybridized carbons (Fsp3) is 0.250. The summed E-state index contributed by atoms with van der Waals surface area (Å²) in [6.07, 6.45) is 2.65. The van der Waals surface area contributed by atoms with Gasteiger partial charge in [0.25, 0.3) is 5.91 Å². The van der Waals surface area contributed by atoms with Crippen LogP contribution in [0.2, 0.25) is 0 Å². The number of carbonyl (C=O) groups excluding carboxylic acids is 1. The molecule has 0 radical (unpaired) electrons. The van der Waals surface area contributed by atoms with Gasteiger partial charge in [0.1, 0.15) is 0 Å². The number of hydrogen-bond acceptors (Lipinski definition) is 7. The third-order valence-corrected chi connectivity index (χ3v) is 6.41. The summed E-state index contributed by atoms with van der Waals surface area (Å²) < 4.78 is 0. The molecule has 0 aliphatic carbocycles. The van der Waals surface area contributed by atoms with Crippen molar-refractivity contribution in [2.24, 2.45) is 10.9 Å². The molecule has 37 heavy (non-hydrogen) atoms. The Labute approximate surface area is 216 Å². The minimum absolute atomic E-state index is 0.0988. The van der Waals surface area contributed by atoms with Crippen molar-refractivity contribution in [3.63, 3.8) is 0 Å². The molecule has 0 unspecified atom stereocenters. The third kappa shape index (κ3) is 6.86. The Balaban J connectivity index is 1.49. The standard InChI is InChI=1S/C28H32N6O3/c1-33-12-3-13-34(15-14-33)25-10-8-21(9-11-25)27(35)32-26-17-22(28(36)37)6-7-23(26)19-30-24-5-2-4-20(16-24)18-31-29/h2,4-11,16-18,30H,3,12-15,19,29H2,1H3,(H,32,35)(H,36,37)/b31-18+. The first-order chi connectivity index (χ1) is 17.9. The SMILES string of the molecule is CN1CCCN(c2ccc(C(=O)Nc3cc(C(=O)O)ccc3CNc3cccc(/C=N/N)c3)cc2)CC1. The lowest BCUT2D eigenvalue weighted by Crippen LogP contribution is -2.28. The quantitative estimate of drug-likeness (QED) is 0.211. The van der Waals surface area contributed by atoms with E-state index in [1.807, 2.05) is 48.5 Å². The first-order valence-corrected chi connectivity index (χ1v) is 12.2. The number of aromatic carboxylic acids is 1. The lowest BCUT2D eigenvalue weighted by molar-refractivity contribution is 0.0696. The normalized spacial score (nSPS) is 14.4. The van der Waals surface area contributed by atoms with Crippen LogP contribution in [-0.2, 0) is 6.54 Å². The molecule has 1 heterocycles. The number of likely N-dealkylation sites (N-methyl/N-ethyl adjacent to an activating group) is 1. The summed E-state index contributed by atoms with van der Waals surface area (Å²) in [6, 6.07) is 19.8. The topological polar surface area (TPSA) is 123 Å². The summed E-state index contributed by atoms with van der Waals surface area (Å²) in [7, 11) is 2.13. The van der Waals surface area contributed by atoms with Gasteiger partial charge in [-0.15, -0.1) is 0 Å². The van der Waals surface area contributed by atoms with Crippen LogP contribution in [0.5, 0.6) is 0 Å². The monoisotopic (exact) mass is 500 g/mol. The molecule has 0 bridgehead atoms. The third-order valence-electron chi connectivity index (χ3n) is 6.41. The number of nitrogens with one attached hydrogen (secondary N) is 2. The number of hydrogen-bond donors (Lipinski definition) is 4. The summed E-state index contributed by atoms with van der Waals surface area (Å²) in [6.45, 7) is 4.39. The van der Waals surface area contributed by atoms with Crippen LogP contribution in [0, 0.1) is 0 Å². The molecular weight excluding hydrogens is 468 g/mol. The minimum atomic E-state index is -1.06. The van der Waals surface area contributed by atoms with Crippen LogP contribution < -0.4 is 21.4 Å². The molecule has 0 aromatic heterocycles. The molecular formula is C28H32N6O3. The molecule has 5 N–H and O–H groups in total. The maximum absolute atomic E-state index is 13.1. The van der Waals surface area contributed by atoms with Gasteiger partial charge in [0.05, 0.1) is 11.8 Å². The predicted molar refractivity (Wildman–Crippen MR) is 148 cm³/mol. The molecule has 1 amide bonds. The molecule has 4 rings (SSSR count). The summed E-state index contributed by atoms with van der Waals surface area (Å²) in [4.78, 5) is 29.3. The predicted octanol–water partition coefficient (Wildman–Crippen LogP) is 3.68. The van der Waals surface area contributed by atoms with E-state index in [0.717, 1.165) is 55.1 Å². The second kappa shape index (κ2) is 12.0. The van der Waals surface area contributed by atoms with E-state index in [0.29, 0.717) is 17.8 Å². The molecule has 0 saturated carbocycles. The highest BCUT2D eigenvalue weighted by Gasteiger charge is 2.15. The van der Waals surface area contributed by atoms with Gasteiger partial charge in [-0.05, 0) is 79.7 Å². The molecule has 9 nitrogen and oxygen atoms in total. The summed E-state index contributed by atoms with van der Waals surface area (Å²) >= 11 is 0. The number of rotatable bonds is 8. The number of amides is 1. The zero-order valence-corrected chi connectivity index (χ0v) is 20.9. The Hall–Kier alpha value is -4.37. The molecule has 3 aromatic rings. The van der Waals surface area contributed by atoms with Crippen molar-refractivity contribution >= 4 is 35.2 Å². The highest BCUT2D eigenvalue weighted by atomic mass is 16.4. The van der Waals surface area contributed by atoms with Crippen molar-refractivity contribution in [3.05, 3.63) is 89.0 Å². The van der Waals surface area contributed by atoms with Crippen molar-refractivity contribution in [3.8, 4) is 0 Å². The minimum Gasteiger partial charge on any atom is -0.478 e. The zero-order valence-electron chi connectivity index (χ0n) is 20.9. The maximum atomic E-state index is 13.1. The molecule has 1 aliphatic rings. The van der Waals surface area contributed by atoms with E-state index in [1.165, 1.54) is 12.1 Å². The maximum Gasteiger partial charge on any atom is 0.335 e. The molecule has 0 spiro atoms. The summed E-state index contributed by atoms with van der Waals surface area (Å²) in [5.74, 6) is 3.88. The molecule has 0 atom stereocenters. The van der Waals surface area contributed by atoms with Crippen LogP contribution >= 0.6 is 0 Å². The zero-order chi connectivity index (χ0) is 26.2. The number of nitrogens with zero attached hydrogens (tertiary/aromatic N) is 3. The van der Waals surface area contributed by atoms with Crippen LogP contribution in [0.25, 0.3) is 0 Å². The molecule has 1 aliphatic heterocycles. The van der Waals surface area contributed by atoms with Gasteiger partial charge < -0.3 is 31.4 Å². The molecule has 1 fully saturated rings. The molecule has 3 aromatic carbocycles. The first kappa shape index (κ1) is 25.7. The van der Waals surface area contributed by atoms with Gasteiger partial charge in [0, 0.05) is 48.8 Å². The number of carboxylic acid groups (broad SMARTS) is 1. The lowest BCUT2D eigenvalue weighted by Gasteiger charge is -2.23. The fourth-order valence-electron chi connectivity index (χ4n) is 4.32. The lowest BCUT2D eigenvalue weighted by atomic mass is 10.1. The second-order valence-electron chi connectivity index (χ2n) is 9.08. The first-order valence-electron chi connectivity index (χ1n) is 12.2. The Morgan fingerprint density at radius 1 is 1.00 bits per heavy atom. The van der Waals surface area contributed by atoms with Crippen molar-refractivity contribution in [1.82, 2.24) is 4.90 Å². The van der Waals surface area contributed by atoms with Crippen molar-refractivity contribution in [2.75, 3.05) is 48.8 Å². The van der Waals surface area contributed by atoms with Gasteiger partial charge in [-0.25, -0.2) is 4.79 Å². The summed E-state index contributed by atoms with van der Waals surface area (Å²) in [5, 5.41) is 19.2. The van der Waals surface area contributed by atoms with Crippen molar-refractivity contribution in [2.45, 2.75) is 13.0 Å². The van der Waals surface area contributed by atoms with Crippen LogP contribution in [0.3, 0.4) is 0 Å². The van der Waals surface area contributed by atoms with Gasteiger partial charge in [0.2, 0.25) is 0 Å². The van der Waals surface area contributed by atoms with E-state index in [9.17, 15) is 14.7 Å². The highest BCUT2D eigenvalue weighted by Crippen LogP contribution is 2.23. The van der Waals surface area contributed by atoms with E-state index in [1.54, 1.807) is 12.3 Å². The Bertz CT molecular complexity index is 1280. The average Bonchev–Trinajstić information content (AvgIpc) is 3.12. The van der Waals surface area contributed by atoms with E-state index in [2.05, 4.69) is 32.6 Å². The number of anilines is 3. The van der Waals surface area contributed by atoms with Crippen molar-refractivity contribution < 1.29 is 14.7 Å². The van der Waals surface area contributed by atoms with E-state index in [4.69, 9.17) is 5.84 Å². The van der Waals surface area contributed by atoms with E-state index >= 15 is 0 Å². The van der Waals surface area contributed by atoms with Crippen LogP contribution in [0.15, 0.2) is 71.8 Å². The fourth-order valence-corrected chi connectivity index (χ4v) is 4.32. The van der Waals surface area contributed by atoms with Gasteiger partial charge >= 0.3 is 5.97 Å². The molecule has 1 saturated heterocycles. The van der Waals surface area contributed by atoms with Gasteiger partial charge in [0.15, 0.2) is 0 Å². The largest absolute Gasteiger partial charge is 0.478 e. The number of nitrogens with two attached hydrogens (primary N) is 1. The molecule has 9 heteroatoms. The number of carboxylic acids is 1. The average molecular weight is 501 g/mol. The van der Waals surface area contributed by atoms with E-state index < -0.39 is 5.97 Å². The number of benzene rings is 3. The van der Waals surface area contributed by atoms with Crippen LogP contribution in [0.4, 0.5) is 17.1 Å². The van der Waals surface area contributed by atoms with Gasteiger partial charge in [-0.3, -0.25) is 4.79 Å². The smallest absolute Gasteiger partial charge is 0.335 e. The van der Waals surface area contributed by atoms with Gasteiger partial charge in [-0.2, -0.15) is 5.10 Å². The second-order valence-corrected chi connectivity index (χ2v) is 9.08. The Morgan fingerprint density at radius 2 is 1.78 bits per heavy atom. The van der Waals surface area contributed by atoms with Crippen molar-refractivity contribution in [1.29, 1.82) is 0 Å². The van der Waals surface area contributed by atoms with E-state index in [-0.39, 0.29) is 11.5 Å². The van der Waals surface area contributed by atoms with Crippen LogP contribution in [0.1, 0.15) is 38.3 Å².